The number of para-hydroxylation sites is 1. The van der Waals surface area contributed by atoms with E-state index in [2.05, 4.69) is 26.8 Å². The molecule has 0 radical (unpaired) electrons. The van der Waals surface area contributed by atoms with E-state index in [0.29, 0.717) is 0 Å². The van der Waals surface area contributed by atoms with Crippen molar-refractivity contribution < 1.29 is 4.74 Å². The third-order valence-corrected chi connectivity index (χ3v) is 2.98. The largest absolute Gasteiger partial charge is 0.457 e. The van der Waals surface area contributed by atoms with Crippen molar-refractivity contribution in [2.45, 2.75) is 20.8 Å². The highest BCUT2D eigenvalue weighted by atomic mass is 16.5. The number of hydrogen-bond acceptors (Lipinski definition) is 1. The molecule has 0 bridgehead atoms. The lowest BCUT2D eigenvalue weighted by Gasteiger charge is -2.12. The van der Waals surface area contributed by atoms with Crippen LogP contribution in [0, 0.1) is 20.8 Å². The zero-order chi connectivity index (χ0) is 11.5. The molecule has 0 aromatic heterocycles. The summed E-state index contributed by atoms with van der Waals surface area (Å²) in [5, 5.41) is 0. The average molecular weight is 212 g/mol. The van der Waals surface area contributed by atoms with Crippen molar-refractivity contribution in [3.8, 4) is 11.5 Å². The summed E-state index contributed by atoms with van der Waals surface area (Å²) in [5.41, 5.74) is 3.81. The summed E-state index contributed by atoms with van der Waals surface area (Å²) < 4.78 is 5.84. The Morgan fingerprint density at radius 2 is 1.44 bits per heavy atom. The van der Waals surface area contributed by atoms with Gasteiger partial charge in [0.25, 0.3) is 0 Å². The topological polar surface area (TPSA) is 9.23 Å². The van der Waals surface area contributed by atoms with E-state index in [1.165, 1.54) is 16.7 Å². The van der Waals surface area contributed by atoms with Crippen molar-refractivity contribution in [1.82, 2.24) is 0 Å². The second kappa shape index (κ2) is 4.40. The molecular formula is C15H16O. The van der Waals surface area contributed by atoms with Gasteiger partial charge in [0, 0.05) is 0 Å². The number of rotatable bonds is 2. The first-order valence-corrected chi connectivity index (χ1v) is 5.48. The maximum absolute atomic E-state index is 5.84. The molecule has 0 aliphatic heterocycles. The molecular weight excluding hydrogens is 196 g/mol. The number of aryl methyl sites for hydroxylation is 1. The second-order valence-electron chi connectivity index (χ2n) is 4.05. The van der Waals surface area contributed by atoms with Crippen LogP contribution in [0.2, 0.25) is 0 Å². The van der Waals surface area contributed by atoms with Gasteiger partial charge >= 0.3 is 0 Å². The molecule has 0 atom stereocenters. The van der Waals surface area contributed by atoms with Crippen molar-refractivity contribution in [3.63, 3.8) is 0 Å². The molecule has 0 aliphatic rings. The molecule has 0 spiro atoms. The van der Waals surface area contributed by atoms with E-state index in [-0.39, 0.29) is 0 Å². The molecule has 16 heavy (non-hydrogen) atoms. The fourth-order valence-electron chi connectivity index (χ4n) is 1.66. The molecule has 0 saturated carbocycles. The molecule has 2 aromatic rings. The van der Waals surface area contributed by atoms with Gasteiger partial charge in [0.05, 0.1) is 0 Å². The van der Waals surface area contributed by atoms with Crippen molar-refractivity contribution in [3.05, 3.63) is 59.2 Å². The lowest BCUT2D eigenvalue weighted by molar-refractivity contribution is 0.478. The Morgan fingerprint density at radius 3 is 2.12 bits per heavy atom. The van der Waals surface area contributed by atoms with Crippen LogP contribution < -0.4 is 4.74 Å². The molecule has 82 valence electrons. The number of benzene rings is 2. The molecule has 1 nitrogen and oxygen atoms in total. The van der Waals surface area contributed by atoms with Crippen molar-refractivity contribution in [2.75, 3.05) is 0 Å². The van der Waals surface area contributed by atoms with Gasteiger partial charge < -0.3 is 4.74 Å². The smallest absolute Gasteiger partial charge is 0.130 e. The standard InChI is InChI=1S/C15H16O/c1-11-9-10-15(13(3)12(11)2)16-14-7-5-4-6-8-14/h4-10H,1-3H3. The van der Waals surface area contributed by atoms with Crippen molar-refractivity contribution in [2.24, 2.45) is 0 Å². The molecule has 0 aliphatic carbocycles. The first-order chi connectivity index (χ1) is 7.68. The van der Waals surface area contributed by atoms with Gasteiger partial charge in [-0.05, 0) is 55.7 Å². The van der Waals surface area contributed by atoms with E-state index in [1.54, 1.807) is 0 Å². The Labute approximate surface area is 96.7 Å². The summed E-state index contributed by atoms with van der Waals surface area (Å²) in [6.45, 7) is 6.34. The maximum Gasteiger partial charge on any atom is 0.130 e. The average Bonchev–Trinajstić information content (AvgIpc) is 2.31. The Kier molecular flexibility index (Phi) is 2.95. The van der Waals surface area contributed by atoms with Crippen LogP contribution in [0.5, 0.6) is 11.5 Å². The van der Waals surface area contributed by atoms with Gasteiger partial charge in [0.15, 0.2) is 0 Å². The molecule has 0 unspecified atom stereocenters. The quantitative estimate of drug-likeness (QED) is 0.716. The van der Waals surface area contributed by atoms with E-state index in [0.717, 1.165) is 11.5 Å². The van der Waals surface area contributed by atoms with Crippen LogP contribution in [-0.2, 0) is 0 Å². The Balaban J connectivity index is 2.33. The molecule has 0 heterocycles. The van der Waals surface area contributed by atoms with Crippen LogP contribution in [0.4, 0.5) is 0 Å². The predicted molar refractivity (Wildman–Crippen MR) is 67.2 cm³/mol. The fraction of sp³-hybridized carbons (Fsp3) is 0.200. The van der Waals surface area contributed by atoms with Gasteiger partial charge in [-0.25, -0.2) is 0 Å². The number of hydrogen-bond donors (Lipinski definition) is 0. The summed E-state index contributed by atoms with van der Waals surface area (Å²) in [6, 6.07) is 14.0. The van der Waals surface area contributed by atoms with Gasteiger partial charge in [0.1, 0.15) is 11.5 Å². The van der Waals surface area contributed by atoms with Crippen LogP contribution >= 0.6 is 0 Å². The van der Waals surface area contributed by atoms with Gasteiger partial charge in [-0.3, -0.25) is 0 Å². The second-order valence-corrected chi connectivity index (χ2v) is 4.05. The highest BCUT2D eigenvalue weighted by molar-refractivity contribution is 5.44. The van der Waals surface area contributed by atoms with E-state index in [4.69, 9.17) is 4.74 Å². The Hall–Kier alpha value is -1.76. The molecule has 0 saturated heterocycles. The lowest BCUT2D eigenvalue weighted by Crippen LogP contribution is -1.92. The summed E-state index contributed by atoms with van der Waals surface area (Å²) in [7, 11) is 0. The number of ether oxygens (including phenoxy) is 1. The summed E-state index contributed by atoms with van der Waals surface area (Å²) in [6.07, 6.45) is 0. The third kappa shape index (κ3) is 2.08. The summed E-state index contributed by atoms with van der Waals surface area (Å²) in [4.78, 5) is 0. The van der Waals surface area contributed by atoms with E-state index in [9.17, 15) is 0 Å². The summed E-state index contributed by atoms with van der Waals surface area (Å²) in [5.74, 6) is 1.82. The SMILES string of the molecule is Cc1ccc(Oc2ccccc2)c(C)c1C. The normalized spacial score (nSPS) is 10.2. The minimum absolute atomic E-state index is 0.883. The molecule has 0 N–H and O–H groups in total. The molecule has 1 heteroatoms. The molecule has 2 aromatic carbocycles. The van der Waals surface area contributed by atoms with Crippen molar-refractivity contribution >= 4 is 0 Å². The highest BCUT2D eigenvalue weighted by Crippen LogP contribution is 2.28. The highest BCUT2D eigenvalue weighted by Gasteiger charge is 2.05. The Bertz CT molecular complexity index is 486. The van der Waals surface area contributed by atoms with Gasteiger partial charge in [-0.2, -0.15) is 0 Å². The minimum Gasteiger partial charge on any atom is -0.457 e. The van der Waals surface area contributed by atoms with Gasteiger partial charge in [0.2, 0.25) is 0 Å². The van der Waals surface area contributed by atoms with Gasteiger partial charge in [-0.15, -0.1) is 0 Å². The molecule has 0 fully saturated rings. The zero-order valence-electron chi connectivity index (χ0n) is 9.95. The fourth-order valence-corrected chi connectivity index (χ4v) is 1.66. The molecule has 0 amide bonds. The van der Waals surface area contributed by atoms with Gasteiger partial charge in [-0.1, -0.05) is 24.3 Å². The molecule has 2 rings (SSSR count). The van der Waals surface area contributed by atoms with E-state index >= 15 is 0 Å². The first kappa shape index (κ1) is 10.7. The van der Waals surface area contributed by atoms with E-state index in [1.807, 2.05) is 36.4 Å². The zero-order valence-corrected chi connectivity index (χ0v) is 9.95. The van der Waals surface area contributed by atoms with E-state index < -0.39 is 0 Å². The summed E-state index contributed by atoms with van der Waals surface area (Å²) >= 11 is 0. The minimum atomic E-state index is 0.883. The predicted octanol–water partition coefficient (Wildman–Crippen LogP) is 4.40. The Morgan fingerprint density at radius 1 is 0.750 bits per heavy atom. The van der Waals surface area contributed by atoms with Crippen LogP contribution in [-0.4, -0.2) is 0 Å². The first-order valence-electron chi connectivity index (χ1n) is 5.48. The van der Waals surface area contributed by atoms with Crippen molar-refractivity contribution in [1.29, 1.82) is 0 Å². The maximum atomic E-state index is 5.84. The lowest BCUT2D eigenvalue weighted by atomic mass is 10.0. The van der Waals surface area contributed by atoms with Crippen LogP contribution in [0.25, 0.3) is 0 Å². The van der Waals surface area contributed by atoms with Crippen LogP contribution in [0.3, 0.4) is 0 Å². The van der Waals surface area contributed by atoms with Crippen LogP contribution in [0.15, 0.2) is 42.5 Å². The van der Waals surface area contributed by atoms with Crippen LogP contribution in [0.1, 0.15) is 16.7 Å². The third-order valence-electron chi connectivity index (χ3n) is 2.98. The monoisotopic (exact) mass is 212 g/mol.